The monoisotopic (exact) mass is 651 g/mol. The molecule has 0 fully saturated rings. The molecule has 0 saturated heterocycles. The fourth-order valence-electron chi connectivity index (χ4n) is 8.30. The van der Waals surface area contributed by atoms with Gasteiger partial charge < -0.3 is 0 Å². The zero-order valence-electron chi connectivity index (χ0n) is 28.4. The second-order valence-corrected chi connectivity index (χ2v) is 14.0. The van der Waals surface area contributed by atoms with E-state index in [0.717, 1.165) is 16.7 Å². The van der Waals surface area contributed by atoms with Crippen LogP contribution in [0, 0.1) is 0 Å². The standard InChI is InChI=1S/C48H33N3/c1-48(2)41-29-40(36-21-10-12-22-37(36)42(41)43-38-23-13-9-19-34(38)35-20-11-14-24-39(35)44(43)48)30-25-27-33(28-26-30)47-50-45(31-15-5-3-6-16-31)49-46(51-47)32-17-7-4-8-18-32/h3-29H,1-2H3. The van der Waals surface area contributed by atoms with Crippen molar-refractivity contribution in [3.63, 3.8) is 0 Å². The van der Waals surface area contributed by atoms with Crippen LogP contribution >= 0.6 is 0 Å². The molecule has 1 heterocycles. The van der Waals surface area contributed by atoms with Crippen LogP contribution < -0.4 is 0 Å². The number of hydrogen-bond acceptors (Lipinski definition) is 3. The normalized spacial score (nSPS) is 13.1. The van der Waals surface area contributed by atoms with Gasteiger partial charge in [0, 0.05) is 22.1 Å². The van der Waals surface area contributed by atoms with Gasteiger partial charge in [-0.1, -0.05) is 172 Å². The molecule has 1 aliphatic carbocycles. The van der Waals surface area contributed by atoms with E-state index < -0.39 is 0 Å². The number of benzene rings is 8. The Morgan fingerprint density at radius 3 is 1.29 bits per heavy atom. The fourth-order valence-corrected chi connectivity index (χ4v) is 8.30. The molecule has 1 aliphatic rings. The Labute approximate surface area is 297 Å². The van der Waals surface area contributed by atoms with Crippen LogP contribution in [-0.2, 0) is 5.41 Å². The Morgan fingerprint density at radius 2 is 0.745 bits per heavy atom. The average molecular weight is 652 g/mol. The number of hydrogen-bond donors (Lipinski definition) is 0. The van der Waals surface area contributed by atoms with E-state index >= 15 is 0 Å². The summed E-state index contributed by atoms with van der Waals surface area (Å²) >= 11 is 0. The highest BCUT2D eigenvalue weighted by Crippen LogP contribution is 2.57. The van der Waals surface area contributed by atoms with Crippen molar-refractivity contribution >= 4 is 32.3 Å². The van der Waals surface area contributed by atoms with E-state index in [1.54, 1.807) is 0 Å². The van der Waals surface area contributed by atoms with Gasteiger partial charge in [-0.3, -0.25) is 0 Å². The highest BCUT2D eigenvalue weighted by Gasteiger charge is 2.40. The van der Waals surface area contributed by atoms with Gasteiger partial charge in [0.2, 0.25) is 0 Å². The SMILES string of the molecule is CC1(C)c2cc(-c3ccc(-c4nc(-c5ccccc5)nc(-c5ccccc5)n4)cc3)c3ccccc3c2-c2c1c1ccccc1c1ccccc21. The fraction of sp³-hybridized carbons (Fsp3) is 0.0625. The first-order chi connectivity index (χ1) is 25.1. The van der Waals surface area contributed by atoms with Crippen LogP contribution in [0.1, 0.15) is 25.0 Å². The van der Waals surface area contributed by atoms with Gasteiger partial charge in [-0.25, -0.2) is 15.0 Å². The van der Waals surface area contributed by atoms with Gasteiger partial charge in [0.05, 0.1) is 0 Å². The summed E-state index contributed by atoms with van der Waals surface area (Å²) in [5.41, 5.74) is 10.6. The van der Waals surface area contributed by atoms with Crippen molar-refractivity contribution in [1.29, 1.82) is 0 Å². The summed E-state index contributed by atoms with van der Waals surface area (Å²) in [6, 6.07) is 58.2. The lowest BCUT2D eigenvalue weighted by Gasteiger charge is -2.24. The Morgan fingerprint density at radius 1 is 0.353 bits per heavy atom. The molecule has 0 radical (unpaired) electrons. The smallest absolute Gasteiger partial charge is 0.164 e. The first-order valence-corrected chi connectivity index (χ1v) is 17.5. The van der Waals surface area contributed by atoms with E-state index in [0.29, 0.717) is 17.5 Å². The Balaban J connectivity index is 1.15. The van der Waals surface area contributed by atoms with Crippen molar-refractivity contribution in [3.8, 4) is 56.4 Å². The van der Waals surface area contributed by atoms with Crippen LogP contribution in [0.5, 0.6) is 0 Å². The van der Waals surface area contributed by atoms with Crippen LogP contribution in [0.15, 0.2) is 164 Å². The summed E-state index contributed by atoms with van der Waals surface area (Å²) in [5.74, 6) is 1.98. The summed E-state index contributed by atoms with van der Waals surface area (Å²) < 4.78 is 0. The molecule has 3 heteroatoms. The minimum Gasteiger partial charge on any atom is -0.208 e. The van der Waals surface area contributed by atoms with Gasteiger partial charge in [0.15, 0.2) is 17.5 Å². The highest BCUT2D eigenvalue weighted by atomic mass is 15.0. The molecule has 0 aliphatic heterocycles. The first kappa shape index (κ1) is 29.5. The van der Waals surface area contributed by atoms with Crippen LogP contribution in [-0.4, -0.2) is 15.0 Å². The second-order valence-electron chi connectivity index (χ2n) is 14.0. The molecule has 8 aromatic carbocycles. The molecule has 0 saturated carbocycles. The van der Waals surface area contributed by atoms with Crippen LogP contribution in [0.2, 0.25) is 0 Å². The lowest BCUT2D eigenvalue weighted by molar-refractivity contribution is 0.667. The maximum absolute atomic E-state index is 4.97. The molecule has 0 bridgehead atoms. The van der Waals surface area contributed by atoms with Gasteiger partial charge in [0.25, 0.3) is 0 Å². The van der Waals surface area contributed by atoms with Crippen molar-refractivity contribution in [1.82, 2.24) is 15.0 Å². The number of aromatic nitrogens is 3. The van der Waals surface area contributed by atoms with Gasteiger partial charge in [-0.2, -0.15) is 0 Å². The lowest BCUT2D eigenvalue weighted by Crippen LogP contribution is -2.16. The third kappa shape index (κ3) is 4.55. The van der Waals surface area contributed by atoms with Gasteiger partial charge in [-0.15, -0.1) is 0 Å². The van der Waals surface area contributed by atoms with Crippen LogP contribution in [0.25, 0.3) is 88.7 Å². The lowest BCUT2D eigenvalue weighted by atomic mass is 9.78. The molecule has 0 atom stereocenters. The summed E-state index contributed by atoms with van der Waals surface area (Å²) in [4.78, 5) is 14.8. The third-order valence-electron chi connectivity index (χ3n) is 10.7. The maximum atomic E-state index is 4.97. The Hall–Kier alpha value is -6.45. The highest BCUT2D eigenvalue weighted by molar-refractivity contribution is 6.22. The number of fused-ring (bicyclic) bond motifs is 10. The van der Waals surface area contributed by atoms with E-state index in [1.165, 1.54) is 65.7 Å². The second kappa shape index (κ2) is 11.3. The Bertz CT molecular complexity index is 2740. The summed E-state index contributed by atoms with van der Waals surface area (Å²) in [5, 5.41) is 7.83. The van der Waals surface area contributed by atoms with Crippen LogP contribution in [0.3, 0.4) is 0 Å². The topological polar surface area (TPSA) is 38.7 Å². The predicted octanol–water partition coefficient (Wildman–Crippen LogP) is 12.3. The predicted molar refractivity (Wildman–Crippen MR) is 212 cm³/mol. The quantitative estimate of drug-likeness (QED) is 0.178. The molecule has 0 N–H and O–H groups in total. The van der Waals surface area contributed by atoms with E-state index in [1.807, 2.05) is 60.7 Å². The van der Waals surface area contributed by atoms with E-state index in [4.69, 9.17) is 15.0 Å². The molecular weight excluding hydrogens is 619 g/mol. The molecule has 1 aromatic heterocycles. The minimum absolute atomic E-state index is 0.195. The largest absolute Gasteiger partial charge is 0.208 e. The molecular formula is C48H33N3. The Kier molecular flexibility index (Phi) is 6.53. The van der Waals surface area contributed by atoms with Crippen LogP contribution in [0.4, 0.5) is 0 Å². The molecule has 3 nitrogen and oxygen atoms in total. The first-order valence-electron chi connectivity index (χ1n) is 17.5. The van der Waals surface area contributed by atoms with Crippen molar-refractivity contribution in [2.75, 3.05) is 0 Å². The molecule has 0 amide bonds. The van der Waals surface area contributed by atoms with Gasteiger partial charge in [-0.05, 0) is 71.8 Å². The van der Waals surface area contributed by atoms with Crippen molar-refractivity contribution in [2.24, 2.45) is 0 Å². The van der Waals surface area contributed by atoms with Crippen molar-refractivity contribution in [3.05, 3.63) is 175 Å². The molecule has 240 valence electrons. The summed E-state index contributed by atoms with van der Waals surface area (Å²) in [6.45, 7) is 4.80. The third-order valence-corrected chi connectivity index (χ3v) is 10.7. The van der Waals surface area contributed by atoms with Gasteiger partial charge >= 0.3 is 0 Å². The van der Waals surface area contributed by atoms with E-state index in [2.05, 4.69) is 117 Å². The molecule has 9 aromatic rings. The van der Waals surface area contributed by atoms with E-state index in [-0.39, 0.29) is 5.41 Å². The zero-order valence-corrected chi connectivity index (χ0v) is 28.4. The number of rotatable bonds is 4. The summed E-state index contributed by atoms with van der Waals surface area (Å²) in [7, 11) is 0. The number of nitrogens with zero attached hydrogens (tertiary/aromatic N) is 3. The van der Waals surface area contributed by atoms with Gasteiger partial charge in [0.1, 0.15) is 0 Å². The van der Waals surface area contributed by atoms with Crippen molar-refractivity contribution in [2.45, 2.75) is 19.3 Å². The molecule has 0 unspecified atom stereocenters. The molecule has 10 rings (SSSR count). The molecule has 51 heavy (non-hydrogen) atoms. The summed E-state index contributed by atoms with van der Waals surface area (Å²) in [6.07, 6.45) is 0. The maximum Gasteiger partial charge on any atom is 0.164 e. The van der Waals surface area contributed by atoms with E-state index in [9.17, 15) is 0 Å². The zero-order chi connectivity index (χ0) is 34.1. The molecule has 0 spiro atoms. The minimum atomic E-state index is -0.195. The average Bonchev–Trinajstić information content (AvgIpc) is 3.45. The van der Waals surface area contributed by atoms with Crippen molar-refractivity contribution < 1.29 is 0 Å².